The number of thiazole rings is 1. The van der Waals surface area contributed by atoms with E-state index >= 15 is 0 Å². The molecular formula is C17H21Cl2NOS. The zero-order valence-electron chi connectivity index (χ0n) is 13.1. The van der Waals surface area contributed by atoms with Crippen molar-refractivity contribution in [3.8, 4) is 0 Å². The Morgan fingerprint density at radius 1 is 1.14 bits per heavy atom. The lowest BCUT2D eigenvalue weighted by Crippen LogP contribution is -2.45. The summed E-state index contributed by atoms with van der Waals surface area (Å²) in [7, 11) is 0. The van der Waals surface area contributed by atoms with Crippen molar-refractivity contribution in [1.82, 2.24) is 4.98 Å². The first kappa shape index (κ1) is 17.7. The Morgan fingerprint density at radius 2 is 1.77 bits per heavy atom. The number of aliphatic hydroxyl groups is 1. The van der Waals surface area contributed by atoms with Crippen LogP contribution in [0.5, 0.6) is 0 Å². The molecule has 0 saturated carbocycles. The molecule has 0 radical (unpaired) electrons. The van der Waals surface area contributed by atoms with E-state index in [0.717, 1.165) is 16.3 Å². The van der Waals surface area contributed by atoms with Gasteiger partial charge in [-0.2, -0.15) is 0 Å². The number of hydrogen-bond donors (Lipinski definition) is 1. The second-order valence-electron chi connectivity index (χ2n) is 6.66. The second kappa shape index (κ2) is 6.88. The van der Waals surface area contributed by atoms with Crippen LogP contribution in [0.4, 0.5) is 0 Å². The van der Waals surface area contributed by atoms with E-state index in [9.17, 15) is 5.11 Å². The molecule has 1 heterocycles. The van der Waals surface area contributed by atoms with Crippen molar-refractivity contribution in [3.05, 3.63) is 50.4 Å². The Bertz CT molecular complexity index is 618. The molecule has 5 heteroatoms. The van der Waals surface area contributed by atoms with Crippen LogP contribution in [0.15, 0.2) is 30.5 Å². The zero-order chi connectivity index (χ0) is 16.4. The Hall–Kier alpha value is -0.610. The van der Waals surface area contributed by atoms with E-state index in [1.54, 1.807) is 6.20 Å². The van der Waals surface area contributed by atoms with Gasteiger partial charge in [0.25, 0.3) is 0 Å². The van der Waals surface area contributed by atoms with Gasteiger partial charge in [-0.1, -0.05) is 56.1 Å². The summed E-state index contributed by atoms with van der Waals surface area (Å²) in [4.78, 5) is 5.08. The lowest BCUT2D eigenvalue weighted by atomic mass is 9.71. The van der Waals surface area contributed by atoms with Crippen LogP contribution in [-0.2, 0) is 12.8 Å². The average molecular weight is 358 g/mol. The minimum absolute atomic E-state index is 0.240. The number of rotatable bonds is 5. The lowest BCUT2D eigenvalue weighted by Gasteiger charge is -2.40. The number of aryl methyl sites for hydroxylation is 1. The maximum Gasteiger partial charge on any atom is 0.183 e. The topological polar surface area (TPSA) is 33.1 Å². The summed E-state index contributed by atoms with van der Waals surface area (Å²) in [5, 5.41) is 12.0. The summed E-state index contributed by atoms with van der Waals surface area (Å²) in [6, 6.07) is 7.79. The Morgan fingerprint density at radius 3 is 2.27 bits per heavy atom. The molecule has 2 aromatic rings. The summed E-state index contributed by atoms with van der Waals surface area (Å²) >= 11 is 13.3. The van der Waals surface area contributed by atoms with Crippen LogP contribution in [0.1, 0.15) is 37.6 Å². The maximum atomic E-state index is 11.2. The first-order chi connectivity index (χ1) is 10.2. The Labute approximate surface area is 146 Å². The molecule has 2 nitrogen and oxygen atoms in total. The largest absolute Gasteiger partial charge is 0.389 e. The highest BCUT2D eigenvalue weighted by molar-refractivity contribution is 7.15. The minimum Gasteiger partial charge on any atom is -0.389 e. The van der Waals surface area contributed by atoms with Crippen LogP contribution < -0.4 is 0 Å². The quantitative estimate of drug-likeness (QED) is 0.776. The predicted molar refractivity (Wildman–Crippen MR) is 95.0 cm³/mol. The summed E-state index contributed by atoms with van der Waals surface area (Å²) < 4.78 is 0.518. The van der Waals surface area contributed by atoms with E-state index in [2.05, 4.69) is 25.8 Å². The fraction of sp³-hybridized carbons (Fsp3) is 0.471. The van der Waals surface area contributed by atoms with Gasteiger partial charge in [0.2, 0.25) is 0 Å². The molecule has 0 amide bonds. The van der Waals surface area contributed by atoms with E-state index in [-0.39, 0.29) is 5.41 Å². The second-order valence-corrected chi connectivity index (χ2v) is 8.80. The molecule has 1 aromatic carbocycles. The van der Waals surface area contributed by atoms with Gasteiger partial charge < -0.3 is 5.11 Å². The van der Waals surface area contributed by atoms with Gasteiger partial charge in [-0.15, -0.1) is 11.3 Å². The molecule has 0 aliphatic rings. The third-order valence-corrected chi connectivity index (χ3v) is 5.50. The molecule has 22 heavy (non-hydrogen) atoms. The molecule has 1 unspecified atom stereocenters. The van der Waals surface area contributed by atoms with Crippen LogP contribution in [0.25, 0.3) is 0 Å². The fourth-order valence-corrected chi connectivity index (χ4v) is 3.59. The number of nitrogens with zero attached hydrogens (tertiary/aromatic N) is 1. The lowest BCUT2D eigenvalue weighted by molar-refractivity contribution is -0.0632. The summed E-state index contributed by atoms with van der Waals surface area (Å²) in [6.45, 7) is 6.20. The average Bonchev–Trinajstić information content (AvgIpc) is 2.82. The monoisotopic (exact) mass is 357 g/mol. The van der Waals surface area contributed by atoms with Crippen molar-refractivity contribution in [2.75, 3.05) is 0 Å². The van der Waals surface area contributed by atoms with Gasteiger partial charge in [0, 0.05) is 22.5 Å². The predicted octanol–water partition coefficient (Wildman–Crippen LogP) is 5.40. The molecule has 1 aromatic heterocycles. The standard InChI is InChI=1S/C17H21Cl2NOS/c1-16(2,3)17(21,10-14-11-20-15(19)22-14)9-8-12-4-6-13(18)7-5-12/h4-7,11,21H,8-10H2,1-3H3. The van der Waals surface area contributed by atoms with E-state index < -0.39 is 5.60 Å². The summed E-state index contributed by atoms with van der Waals surface area (Å²) in [5.74, 6) is 0. The summed E-state index contributed by atoms with van der Waals surface area (Å²) in [5.41, 5.74) is 0.118. The SMILES string of the molecule is CC(C)(C)C(O)(CCc1ccc(Cl)cc1)Cc1cnc(Cl)s1. The third-order valence-electron chi connectivity index (χ3n) is 4.13. The fourth-order valence-electron chi connectivity index (χ4n) is 2.38. The van der Waals surface area contributed by atoms with E-state index in [1.165, 1.54) is 16.9 Å². The van der Waals surface area contributed by atoms with Crippen LogP contribution in [0.2, 0.25) is 9.49 Å². The molecule has 0 aliphatic heterocycles. The van der Waals surface area contributed by atoms with Gasteiger partial charge in [0.15, 0.2) is 4.47 Å². The highest BCUT2D eigenvalue weighted by Crippen LogP contribution is 2.38. The molecule has 0 aliphatic carbocycles. The van der Waals surface area contributed by atoms with Crippen LogP contribution in [0, 0.1) is 5.41 Å². The van der Waals surface area contributed by atoms with Gasteiger partial charge in [-0.05, 0) is 36.0 Å². The van der Waals surface area contributed by atoms with Gasteiger partial charge in [-0.25, -0.2) is 4.98 Å². The van der Waals surface area contributed by atoms with Gasteiger partial charge in [0.05, 0.1) is 5.60 Å². The smallest absolute Gasteiger partial charge is 0.183 e. The molecule has 0 fully saturated rings. The number of halogens is 2. The Kier molecular flexibility index (Phi) is 5.54. The molecule has 120 valence electrons. The minimum atomic E-state index is -0.817. The normalized spacial score (nSPS) is 14.8. The maximum absolute atomic E-state index is 11.2. The molecule has 1 N–H and O–H groups in total. The van der Waals surface area contributed by atoms with Crippen LogP contribution in [-0.4, -0.2) is 15.7 Å². The molecule has 0 bridgehead atoms. The van der Waals surface area contributed by atoms with Crippen molar-refractivity contribution in [2.45, 2.75) is 45.6 Å². The summed E-state index contributed by atoms with van der Waals surface area (Å²) in [6.07, 6.45) is 3.80. The van der Waals surface area contributed by atoms with Gasteiger partial charge in [0.1, 0.15) is 0 Å². The molecule has 0 saturated heterocycles. The van der Waals surface area contributed by atoms with E-state index in [4.69, 9.17) is 23.2 Å². The van der Waals surface area contributed by atoms with Crippen LogP contribution in [0.3, 0.4) is 0 Å². The van der Waals surface area contributed by atoms with Crippen molar-refractivity contribution in [1.29, 1.82) is 0 Å². The van der Waals surface area contributed by atoms with E-state index in [1.807, 2.05) is 24.3 Å². The highest BCUT2D eigenvalue weighted by Gasteiger charge is 2.40. The first-order valence-electron chi connectivity index (χ1n) is 7.27. The highest BCUT2D eigenvalue weighted by atomic mass is 35.5. The third kappa shape index (κ3) is 4.45. The zero-order valence-corrected chi connectivity index (χ0v) is 15.4. The van der Waals surface area contributed by atoms with E-state index in [0.29, 0.717) is 17.3 Å². The Balaban J connectivity index is 2.13. The van der Waals surface area contributed by atoms with Gasteiger partial charge in [-0.3, -0.25) is 0 Å². The van der Waals surface area contributed by atoms with Crippen molar-refractivity contribution in [3.63, 3.8) is 0 Å². The van der Waals surface area contributed by atoms with Crippen LogP contribution >= 0.6 is 34.5 Å². The number of aromatic nitrogens is 1. The molecule has 0 spiro atoms. The number of hydrogen-bond acceptors (Lipinski definition) is 3. The molecular weight excluding hydrogens is 337 g/mol. The number of benzene rings is 1. The van der Waals surface area contributed by atoms with Crippen molar-refractivity contribution >= 4 is 34.5 Å². The molecule has 2 rings (SSSR count). The van der Waals surface area contributed by atoms with Crippen molar-refractivity contribution in [2.24, 2.45) is 5.41 Å². The molecule has 1 atom stereocenters. The first-order valence-corrected chi connectivity index (χ1v) is 8.84. The van der Waals surface area contributed by atoms with Gasteiger partial charge >= 0.3 is 0 Å². The van der Waals surface area contributed by atoms with Crippen molar-refractivity contribution < 1.29 is 5.11 Å².